The van der Waals surface area contributed by atoms with Gasteiger partial charge in [0, 0.05) is 0 Å². The van der Waals surface area contributed by atoms with E-state index in [4.69, 9.17) is 0 Å². The number of hydrogen-bond donors (Lipinski definition) is 0. The third kappa shape index (κ3) is 13.2. The molecule has 2 aromatic carbocycles. The van der Waals surface area contributed by atoms with E-state index in [1.54, 1.807) is 45.5 Å². The summed E-state index contributed by atoms with van der Waals surface area (Å²) in [5.74, 6) is 0.954. The molecule has 4 aliphatic rings. The van der Waals surface area contributed by atoms with E-state index >= 15 is 0 Å². The second kappa shape index (κ2) is 24.4. The minimum absolute atomic E-state index is 0. The zero-order chi connectivity index (χ0) is 34.3. The van der Waals surface area contributed by atoms with Gasteiger partial charge in [-0.25, -0.2) is 23.3 Å². The van der Waals surface area contributed by atoms with Crippen molar-refractivity contribution in [1.29, 1.82) is 0 Å². The van der Waals surface area contributed by atoms with Crippen LogP contribution < -0.4 is 35.4 Å². The first kappa shape index (κ1) is 45.2. The van der Waals surface area contributed by atoms with E-state index in [1.807, 2.05) is 0 Å². The van der Waals surface area contributed by atoms with Crippen LogP contribution in [-0.4, -0.2) is 3.21 Å². The molecule has 0 amide bonds. The number of allylic oxidation sites excluding steroid dienone is 12. The van der Waals surface area contributed by atoms with E-state index in [2.05, 4.69) is 139 Å². The number of fused-ring (bicyclic) bond motifs is 2. The number of benzene rings is 2. The Labute approximate surface area is 336 Å². The van der Waals surface area contributed by atoms with Crippen molar-refractivity contribution >= 4 is 29.7 Å². The van der Waals surface area contributed by atoms with Gasteiger partial charge in [0.15, 0.2) is 0 Å². The number of rotatable bonds is 14. The smallest absolute Gasteiger partial charge is 1.00 e. The Balaban J connectivity index is 0.000000303. The van der Waals surface area contributed by atoms with Crippen LogP contribution in [0.25, 0.3) is 0 Å². The summed E-state index contributed by atoms with van der Waals surface area (Å²) in [6.07, 6.45) is 32.7. The van der Waals surface area contributed by atoms with E-state index in [0.717, 1.165) is 0 Å². The Morgan fingerprint density at radius 1 is 0.560 bits per heavy atom. The van der Waals surface area contributed by atoms with Gasteiger partial charge >= 0.3 is 41.3 Å². The van der Waals surface area contributed by atoms with Crippen LogP contribution in [0.15, 0.2) is 117 Å². The average molecular weight is 823 g/mol. The van der Waals surface area contributed by atoms with Gasteiger partial charge < -0.3 is 24.8 Å². The van der Waals surface area contributed by atoms with E-state index in [0.29, 0.717) is 11.8 Å². The maximum absolute atomic E-state index is 3.76. The predicted octanol–water partition coefficient (Wildman–Crippen LogP) is 7.38. The van der Waals surface area contributed by atoms with Crippen LogP contribution >= 0.6 is 15.8 Å². The second-order valence-corrected chi connectivity index (χ2v) is 20.5. The van der Waals surface area contributed by atoms with E-state index in [1.165, 1.54) is 102 Å². The molecule has 2 aliphatic carbocycles. The topological polar surface area (TPSA) is 0 Å². The molecule has 50 heavy (non-hydrogen) atoms. The second-order valence-electron chi connectivity index (χ2n) is 13.5. The Morgan fingerprint density at radius 2 is 0.880 bits per heavy atom. The fourth-order valence-corrected chi connectivity index (χ4v) is 12.2. The maximum Gasteiger partial charge on any atom is -1.00 e. The quantitative estimate of drug-likeness (QED) is 0.138. The first-order valence-corrected chi connectivity index (χ1v) is 22.6. The number of unbranched alkanes of at least 4 members (excludes halogenated alkanes) is 4. The molecule has 2 heterocycles. The zero-order valence-electron chi connectivity index (χ0n) is 31.4. The van der Waals surface area contributed by atoms with Gasteiger partial charge in [0.25, 0.3) is 0 Å². The minimum atomic E-state index is -0.258. The first-order chi connectivity index (χ1) is 23.4. The van der Waals surface area contributed by atoms with Crippen molar-refractivity contribution in [2.24, 2.45) is 11.8 Å². The summed E-state index contributed by atoms with van der Waals surface area (Å²) in [6.45, 7) is 13.4. The third-order valence-electron chi connectivity index (χ3n) is 8.97. The molecule has 0 radical (unpaired) electrons. The molecule has 2 aromatic rings. The molecule has 0 saturated heterocycles. The van der Waals surface area contributed by atoms with E-state index in [-0.39, 0.29) is 40.7 Å². The van der Waals surface area contributed by atoms with Crippen molar-refractivity contribution in [3.8, 4) is 0 Å². The number of hydrogen-bond acceptors (Lipinski definition) is 0. The Hall–Kier alpha value is -0.927. The average Bonchev–Trinajstić information content (AvgIpc) is 3.84. The van der Waals surface area contributed by atoms with Crippen molar-refractivity contribution in [3.63, 3.8) is 0 Å². The van der Waals surface area contributed by atoms with E-state index in [9.17, 15) is 0 Å². The molecule has 0 bridgehead atoms. The molecule has 2 aliphatic heterocycles. The minimum Gasteiger partial charge on any atom is -1.00 e. The standard InChI is InChI=1S/2C21H26P.C3H6.2ClH.Zr/c2*1-3-5-10-17-14-18-16-20(11-6-4-2)22(21(18)15-17)19-12-8-7-9-13-19;1-3-2;;;/h2*7-9,12-13,15-16,18H,3-6,10-11H2,1-2H3;1-2H3;2*1H;/q2*-1;;;;+2/p-2. The molecule has 4 atom stereocenters. The van der Waals surface area contributed by atoms with Gasteiger partial charge in [-0.15, -0.1) is 10.6 Å². The summed E-state index contributed by atoms with van der Waals surface area (Å²) in [7, 11) is -0.517. The van der Waals surface area contributed by atoms with Crippen LogP contribution in [0.1, 0.15) is 119 Å². The van der Waals surface area contributed by atoms with E-state index < -0.39 is 0 Å². The van der Waals surface area contributed by atoms with Crippen molar-refractivity contribution in [2.45, 2.75) is 119 Å². The molecule has 4 unspecified atom stereocenters. The maximum atomic E-state index is 3.76. The molecular weight excluding hydrogens is 765 g/mol. The molecule has 0 fully saturated rings. The fraction of sp³-hybridized carbons (Fsp3) is 0.444. The van der Waals surface area contributed by atoms with Crippen LogP contribution in [0, 0.1) is 24.0 Å². The van der Waals surface area contributed by atoms with Gasteiger partial charge in [0.1, 0.15) is 0 Å². The molecule has 268 valence electrons. The Kier molecular flexibility index (Phi) is 22.1. The van der Waals surface area contributed by atoms with Crippen molar-refractivity contribution < 1.29 is 49.0 Å². The SMILES string of the molecule is CCCCC1=[C-]C2C=C(CCCC)P(c3ccccc3)C2=C1.CCCCC1=[C-]C2C=C(CCCC)P(c3ccccc3)C2=C1.C[C](C)=[Zr+2].[Cl-].[Cl-]. The molecule has 0 aromatic heterocycles. The molecule has 0 spiro atoms. The molecule has 5 heteroatoms. The molecule has 0 nitrogen and oxygen atoms in total. The van der Waals surface area contributed by atoms with Crippen LogP contribution in [0.2, 0.25) is 0 Å². The summed E-state index contributed by atoms with van der Waals surface area (Å²) in [6, 6.07) is 22.3. The van der Waals surface area contributed by atoms with Gasteiger partial charge in [0.2, 0.25) is 0 Å². The van der Waals surface area contributed by atoms with Crippen molar-refractivity contribution in [1.82, 2.24) is 0 Å². The summed E-state index contributed by atoms with van der Waals surface area (Å²) in [4.78, 5) is 0. The molecule has 0 N–H and O–H groups in total. The normalized spacial score (nSPS) is 20.9. The van der Waals surface area contributed by atoms with Gasteiger partial charge in [-0.05, 0) is 62.8 Å². The Morgan fingerprint density at radius 3 is 1.20 bits per heavy atom. The van der Waals surface area contributed by atoms with Crippen molar-refractivity contribution in [3.05, 3.63) is 130 Å². The van der Waals surface area contributed by atoms with Crippen LogP contribution in [0.5, 0.6) is 0 Å². The summed E-state index contributed by atoms with van der Waals surface area (Å²) in [5.41, 5.74) is 2.91. The van der Waals surface area contributed by atoms with Crippen molar-refractivity contribution in [2.75, 3.05) is 0 Å². The molecule has 0 saturated carbocycles. The van der Waals surface area contributed by atoms with Gasteiger partial charge in [-0.2, -0.15) is 0 Å². The Bertz CT molecular complexity index is 1400. The van der Waals surface area contributed by atoms with Crippen LogP contribution in [-0.2, 0) is 24.2 Å². The third-order valence-corrected chi connectivity index (χ3v) is 14.3. The van der Waals surface area contributed by atoms with Crippen LogP contribution in [0.4, 0.5) is 0 Å². The predicted molar refractivity (Wildman–Crippen MR) is 213 cm³/mol. The van der Waals surface area contributed by atoms with Gasteiger partial charge in [-0.1, -0.05) is 164 Å². The summed E-state index contributed by atoms with van der Waals surface area (Å²) < 4.78 is 1.51. The fourth-order valence-electron chi connectivity index (χ4n) is 6.61. The monoisotopic (exact) mass is 820 g/mol. The number of halogens is 2. The first-order valence-electron chi connectivity index (χ1n) is 18.7. The summed E-state index contributed by atoms with van der Waals surface area (Å²) in [5, 5.41) is 9.68. The van der Waals surface area contributed by atoms with Crippen LogP contribution in [0.3, 0.4) is 0 Å². The van der Waals surface area contributed by atoms with Gasteiger partial charge in [0.05, 0.1) is 0 Å². The summed E-state index contributed by atoms with van der Waals surface area (Å²) >= 11 is 1.55. The molecule has 6 rings (SSSR count). The molecular formula is C45H58Cl2P2Zr-2. The van der Waals surface area contributed by atoms with Gasteiger partial charge in [-0.3, -0.25) is 12.2 Å². The zero-order valence-corrected chi connectivity index (χ0v) is 37.1. The largest absolute Gasteiger partial charge is 1.00 e.